The number of hydrogen-bond donors (Lipinski definition) is 1. The lowest BCUT2D eigenvalue weighted by molar-refractivity contribution is -0.136. The number of amides is 4. The zero-order valence-electron chi connectivity index (χ0n) is 27.1. The minimum absolute atomic E-state index is 0.0212. The van der Waals surface area contributed by atoms with Crippen molar-refractivity contribution in [2.45, 2.75) is 79.1 Å². The number of aromatic nitrogens is 1. The number of carbonyl (C=O) groups excluding carboxylic acids is 5. The predicted octanol–water partition coefficient (Wildman–Crippen LogP) is 5.16. The lowest BCUT2D eigenvalue weighted by Gasteiger charge is -2.30. The number of methoxy groups -OCH3 is 1. The van der Waals surface area contributed by atoms with Gasteiger partial charge in [0, 0.05) is 30.3 Å². The lowest BCUT2D eigenvalue weighted by atomic mass is 9.94. The van der Waals surface area contributed by atoms with Crippen LogP contribution in [0, 0.1) is 20.8 Å². The molecule has 1 saturated heterocycles. The van der Waals surface area contributed by atoms with Crippen LogP contribution in [0.3, 0.4) is 0 Å². The molecule has 11 heteroatoms. The third kappa shape index (κ3) is 6.22. The molecule has 1 unspecified atom stereocenters. The maximum absolute atomic E-state index is 14.1. The largest absolute Gasteiger partial charge is 0.465 e. The number of nitrogens with one attached hydrogen (secondary N) is 1. The highest BCUT2D eigenvalue weighted by atomic mass is 16.6. The Morgan fingerprint density at radius 2 is 1.76 bits per heavy atom. The van der Waals surface area contributed by atoms with Crippen molar-refractivity contribution in [2.75, 3.05) is 12.0 Å². The summed E-state index contributed by atoms with van der Waals surface area (Å²) in [5.74, 6) is -1.92. The number of piperidine rings is 1. The number of ether oxygens (including phenoxy) is 2. The van der Waals surface area contributed by atoms with Crippen molar-refractivity contribution in [2.24, 2.45) is 0 Å². The Morgan fingerprint density at radius 1 is 1.04 bits per heavy atom. The number of nitrogens with zero attached hydrogens (tertiary/aromatic N) is 3. The van der Waals surface area contributed by atoms with Gasteiger partial charge in [-0.15, -0.1) is 0 Å². The third-order valence-corrected chi connectivity index (χ3v) is 8.49. The molecule has 0 aliphatic carbocycles. The molecule has 2 aromatic carbocycles. The van der Waals surface area contributed by atoms with Gasteiger partial charge in [-0.3, -0.25) is 29.6 Å². The van der Waals surface area contributed by atoms with Crippen LogP contribution in [-0.4, -0.2) is 58.4 Å². The fraction of sp³-hybridized carbons (Fsp3) is 0.371. The number of benzene rings is 2. The highest BCUT2D eigenvalue weighted by Crippen LogP contribution is 2.40. The molecule has 0 radical (unpaired) electrons. The van der Waals surface area contributed by atoms with Gasteiger partial charge in [0.25, 0.3) is 5.91 Å². The first kappa shape index (κ1) is 32.3. The van der Waals surface area contributed by atoms with Gasteiger partial charge in [-0.05, 0) is 94.0 Å². The van der Waals surface area contributed by atoms with Crippen molar-refractivity contribution in [3.8, 4) is 11.1 Å². The summed E-state index contributed by atoms with van der Waals surface area (Å²) in [6.45, 7) is 11.3. The van der Waals surface area contributed by atoms with E-state index in [1.54, 1.807) is 63.4 Å². The highest BCUT2D eigenvalue weighted by Gasteiger charge is 2.42. The van der Waals surface area contributed by atoms with E-state index in [2.05, 4.69) is 10.3 Å². The Balaban J connectivity index is 1.72. The highest BCUT2D eigenvalue weighted by molar-refractivity contribution is 6.08. The van der Waals surface area contributed by atoms with Crippen LogP contribution in [0.2, 0.25) is 0 Å². The van der Waals surface area contributed by atoms with Crippen molar-refractivity contribution >= 4 is 35.5 Å². The Labute approximate surface area is 267 Å². The number of rotatable bonds is 6. The van der Waals surface area contributed by atoms with Crippen LogP contribution in [0.15, 0.2) is 42.6 Å². The van der Waals surface area contributed by atoms with Crippen molar-refractivity contribution in [1.29, 1.82) is 0 Å². The van der Waals surface area contributed by atoms with Crippen molar-refractivity contribution in [3.05, 3.63) is 81.7 Å². The van der Waals surface area contributed by atoms with E-state index in [4.69, 9.17) is 9.47 Å². The SMILES string of the molecule is COC(=O)c1ccccc1-c1cc2c(c(N(Cc3ncc(C)c(C)c3C)C(=O)OC(C)(C)C)c1)CN(C1CCC(=O)NC1=O)C2=O. The second-order valence-corrected chi connectivity index (χ2v) is 12.7. The molecule has 4 amide bonds. The number of fused-ring (bicyclic) bond motifs is 1. The zero-order chi connectivity index (χ0) is 33.5. The molecule has 0 saturated carbocycles. The van der Waals surface area contributed by atoms with Crippen LogP contribution in [-0.2, 0) is 32.2 Å². The molecule has 46 heavy (non-hydrogen) atoms. The van der Waals surface area contributed by atoms with Gasteiger partial charge >= 0.3 is 12.1 Å². The van der Waals surface area contributed by atoms with E-state index in [0.29, 0.717) is 28.1 Å². The van der Waals surface area contributed by atoms with Gasteiger partial charge in [0.05, 0.1) is 30.6 Å². The average molecular weight is 627 g/mol. The number of imide groups is 1. The number of pyridine rings is 1. The summed E-state index contributed by atoms with van der Waals surface area (Å²) in [5.41, 5.74) is 5.21. The molecule has 5 rings (SSSR count). The van der Waals surface area contributed by atoms with E-state index in [0.717, 1.165) is 16.7 Å². The van der Waals surface area contributed by atoms with Gasteiger partial charge in [-0.2, -0.15) is 0 Å². The van der Waals surface area contributed by atoms with Gasteiger partial charge in [0.15, 0.2) is 0 Å². The maximum Gasteiger partial charge on any atom is 0.415 e. The standard InChI is InChI=1S/C35H38N4O7/c1-19-16-36-27(21(3)20(19)2)18-39(34(44)46-35(4,5)6)29-15-22(23-10-8-9-11-24(23)33(43)45-7)14-25-26(29)17-38(32(25)42)28-12-13-30(40)37-31(28)41/h8-11,14-16,28H,12-13,17-18H2,1-7H3,(H,37,40,41). The Kier molecular flexibility index (Phi) is 8.70. The summed E-state index contributed by atoms with van der Waals surface area (Å²) in [4.78, 5) is 73.2. The molecule has 3 heterocycles. The molecule has 1 atom stereocenters. The summed E-state index contributed by atoms with van der Waals surface area (Å²) >= 11 is 0. The number of anilines is 1. The number of carbonyl (C=O) groups is 5. The predicted molar refractivity (Wildman–Crippen MR) is 170 cm³/mol. The van der Waals surface area contributed by atoms with Crippen molar-refractivity contribution in [1.82, 2.24) is 15.2 Å². The van der Waals surface area contributed by atoms with Crippen LogP contribution in [0.5, 0.6) is 0 Å². The number of esters is 1. The molecule has 2 aliphatic heterocycles. The lowest BCUT2D eigenvalue weighted by Crippen LogP contribution is -2.52. The molecule has 0 spiro atoms. The Morgan fingerprint density at radius 3 is 2.43 bits per heavy atom. The minimum atomic E-state index is -0.866. The van der Waals surface area contributed by atoms with Crippen LogP contribution in [0.1, 0.15) is 82.3 Å². The Hall–Kier alpha value is -5.06. The molecule has 240 valence electrons. The second-order valence-electron chi connectivity index (χ2n) is 12.7. The number of hydrogen-bond acceptors (Lipinski definition) is 8. The van der Waals surface area contributed by atoms with Crippen LogP contribution in [0.4, 0.5) is 10.5 Å². The van der Waals surface area contributed by atoms with E-state index in [9.17, 15) is 24.0 Å². The number of aryl methyl sites for hydroxylation is 1. The fourth-order valence-electron chi connectivity index (χ4n) is 5.82. The van der Waals surface area contributed by atoms with Gasteiger partial charge in [0.1, 0.15) is 11.6 Å². The summed E-state index contributed by atoms with van der Waals surface area (Å²) in [7, 11) is 1.29. The van der Waals surface area contributed by atoms with E-state index >= 15 is 0 Å². The van der Waals surface area contributed by atoms with Gasteiger partial charge < -0.3 is 14.4 Å². The van der Waals surface area contributed by atoms with Crippen LogP contribution >= 0.6 is 0 Å². The van der Waals surface area contributed by atoms with Crippen LogP contribution < -0.4 is 10.2 Å². The van der Waals surface area contributed by atoms with E-state index in [-0.39, 0.29) is 43.0 Å². The quantitative estimate of drug-likeness (QED) is 0.293. The molecular weight excluding hydrogens is 588 g/mol. The Bertz CT molecular complexity index is 1780. The summed E-state index contributed by atoms with van der Waals surface area (Å²) < 4.78 is 10.9. The first-order valence-corrected chi connectivity index (χ1v) is 15.1. The minimum Gasteiger partial charge on any atom is -0.465 e. The van der Waals surface area contributed by atoms with Gasteiger partial charge in [-0.1, -0.05) is 18.2 Å². The third-order valence-electron chi connectivity index (χ3n) is 8.49. The normalized spacial score (nSPS) is 16.2. The first-order valence-electron chi connectivity index (χ1n) is 15.1. The van der Waals surface area contributed by atoms with Crippen LogP contribution in [0.25, 0.3) is 11.1 Å². The summed E-state index contributed by atoms with van der Waals surface area (Å²) in [6.07, 6.45) is 1.38. The molecule has 0 bridgehead atoms. The molecule has 1 N–H and O–H groups in total. The zero-order valence-corrected chi connectivity index (χ0v) is 27.1. The summed E-state index contributed by atoms with van der Waals surface area (Å²) in [5, 5.41) is 2.33. The smallest absolute Gasteiger partial charge is 0.415 e. The molecular formula is C35H38N4O7. The first-order chi connectivity index (χ1) is 21.7. The van der Waals surface area contributed by atoms with Gasteiger partial charge in [0.2, 0.25) is 11.8 Å². The van der Waals surface area contributed by atoms with E-state index in [1.807, 2.05) is 20.8 Å². The monoisotopic (exact) mass is 626 g/mol. The summed E-state index contributed by atoms with van der Waals surface area (Å²) in [6, 6.07) is 9.39. The van der Waals surface area contributed by atoms with Gasteiger partial charge in [-0.25, -0.2) is 9.59 Å². The topological polar surface area (TPSA) is 135 Å². The molecule has 1 fully saturated rings. The van der Waals surface area contributed by atoms with Crippen molar-refractivity contribution < 1.29 is 33.4 Å². The van der Waals surface area contributed by atoms with Crippen molar-refractivity contribution in [3.63, 3.8) is 0 Å². The molecule has 3 aromatic rings. The second kappa shape index (κ2) is 12.4. The molecule has 11 nitrogen and oxygen atoms in total. The molecule has 1 aromatic heterocycles. The molecule has 2 aliphatic rings. The fourth-order valence-corrected chi connectivity index (χ4v) is 5.82. The average Bonchev–Trinajstić information content (AvgIpc) is 3.33. The maximum atomic E-state index is 14.1. The van der Waals surface area contributed by atoms with E-state index < -0.39 is 35.5 Å². The van der Waals surface area contributed by atoms with E-state index in [1.165, 1.54) is 16.9 Å².